The molecule has 0 aromatic heterocycles. The van der Waals surface area contributed by atoms with Crippen LogP contribution < -0.4 is 10.5 Å². The van der Waals surface area contributed by atoms with Crippen molar-refractivity contribution in [3.8, 4) is 6.07 Å². The number of anilines is 2. The molecular formula is C13H18N4O2S. The SMILES string of the molecule is CC1CCCN(S(=O)(=O)Nc2ccc(C#N)cc2N)C1. The lowest BCUT2D eigenvalue weighted by atomic mass is 10.0. The molecule has 1 aliphatic rings. The van der Waals surface area contributed by atoms with Crippen LogP contribution in [0.1, 0.15) is 25.3 Å². The topological polar surface area (TPSA) is 99.2 Å². The third kappa shape index (κ3) is 3.21. The van der Waals surface area contributed by atoms with Crippen molar-refractivity contribution in [1.29, 1.82) is 5.26 Å². The molecule has 7 heteroatoms. The molecule has 1 aromatic rings. The second-order valence-corrected chi connectivity index (χ2v) is 6.80. The average Bonchev–Trinajstić information content (AvgIpc) is 2.41. The predicted octanol–water partition coefficient (Wildman–Crippen LogP) is 1.53. The highest BCUT2D eigenvalue weighted by Gasteiger charge is 2.27. The first-order chi connectivity index (χ1) is 9.42. The summed E-state index contributed by atoms with van der Waals surface area (Å²) in [5.74, 6) is 0.360. The highest BCUT2D eigenvalue weighted by atomic mass is 32.2. The van der Waals surface area contributed by atoms with E-state index in [1.807, 2.05) is 13.0 Å². The van der Waals surface area contributed by atoms with E-state index < -0.39 is 10.2 Å². The summed E-state index contributed by atoms with van der Waals surface area (Å²) in [6.45, 7) is 3.08. The van der Waals surface area contributed by atoms with Crippen LogP contribution in [0, 0.1) is 17.2 Å². The summed E-state index contributed by atoms with van der Waals surface area (Å²) in [4.78, 5) is 0. The molecule has 6 nitrogen and oxygen atoms in total. The Bertz CT molecular complexity index is 636. The molecule has 1 aliphatic heterocycles. The van der Waals surface area contributed by atoms with Crippen LogP contribution in [0.25, 0.3) is 0 Å². The zero-order valence-corrected chi connectivity index (χ0v) is 12.2. The van der Waals surface area contributed by atoms with Gasteiger partial charge < -0.3 is 5.73 Å². The van der Waals surface area contributed by atoms with E-state index in [1.54, 1.807) is 0 Å². The zero-order chi connectivity index (χ0) is 14.8. The lowest BCUT2D eigenvalue weighted by Gasteiger charge is -2.30. The molecule has 0 saturated carbocycles. The van der Waals surface area contributed by atoms with E-state index in [9.17, 15) is 8.42 Å². The second-order valence-electron chi connectivity index (χ2n) is 5.13. The van der Waals surface area contributed by atoms with Gasteiger partial charge >= 0.3 is 10.2 Å². The van der Waals surface area contributed by atoms with Gasteiger partial charge in [0.05, 0.1) is 23.0 Å². The number of benzene rings is 1. The molecule has 2 rings (SSSR count). The lowest BCUT2D eigenvalue weighted by Crippen LogP contribution is -2.42. The van der Waals surface area contributed by atoms with Crippen molar-refractivity contribution in [2.24, 2.45) is 5.92 Å². The molecule has 1 unspecified atom stereocenters. The van der Waals surface area contributed by atoms with Crippen LogP contribution in [-0.4, -0.2) is 25.8 Å². The normalized spacial score (nSPS) is 20.3. The number of nitrogens with two attached hydrogens (primary N) is 1. The molecular weight excluding hydrogens is 276 g/mol. The first kappa shape index (κ1) is 14.6. The fourth-order valence-electron chi connectivity index (χ4n) is 2.29. The smallest absolute Gasteiger partial charge is 0.301 e. The van der Waals surface area contributed by atoms with Gasteiger partial charge in [-0.05, 0) is 37.0 Å². The molecule has 0 aliphatic carbocycles. The number of nitrogen functional groups attached to an aromatic ring is 1. The van der Waals surface area contributed by atoms with E-state index >= 15 is 0 Å². The monoisotopic (exact) mass is 294 g/mol. The van der Waals surface area contributed by atoms with E-state index in [4.69, 9.17) is 11.0 Å². The van der Waals surface area contributed by atoms with Gasteiger partial charge in [0.15, 0.2) is 0 Å². The minimum Gasteiger partial charge on any atom is -0.397 e. The van der Waals surface area contributed by atoms with Crippen molar-refractivity contribution < 1.29 is 8.42 Å². The third-order valence-corrected chi connectivity index (χ3v) is 4.87. The summed E-state index contributed by atoms with van der Waals surface area (Å²) in [7, 11) is -3.59. The first-order valence-corrected chi connectivity index (χ1v) is 7.94. The molecule has 1 atom stereocenters. The highest BCUT2D eigenvalue weighted by molar-refractivity contribution is 7.90. The van der Waals surface area contributed by atoms with Crippen molar-refractivity contribution in [2.45, 2.75) is 19.8 Å². The fourth-order valence-corrected chi connectivity index (χ4v) is 3.71. The van der Waals surface area contributed by atoms with Crippen LogP contribution >= 0.6 is 0 Å². The van der Waals surface area contributed by atoms with Crippen LogP contribution in [0.15, 0.2) is 18.2 Å². The van der Waals surface area contributed by atoms with Crippen molar-refractivity contribution >= 4 is 21.6 Å². The molecule has 3 N–H and O–H groups in total. The van der Waals surface area contributed by atoms with Gasteiger partial charge in [-0.2, -0.15) is 18.0 Å². The molecule has 1 fully saturated rings. The first-order valence-electron chi connectivity index (χ1n) is 6.50. The maximum Gasteiger partial charge on any atom is 0.301 e. The van der Waals surface area contributed by atoms with Crippen molar-refractivity contribution in [3.05, 3.63) is 23.8 Å². The second kappa shape index (κ2) is 5.69. The number of nitrogens with one attached hydrogen (secondary N) is 1. The van der Waals surface area contributed by atoms with E-state index in [2.05, 4.69) is 4.72 Å². The fraction of sp³-hybridized carbons (Fsp3) is 0.462. The summed E-state index contributed by atoms with van der Waals surface area (Å²) in [5, 5.41) is 8.77. The lowest BCUT2D eigenvalue weighted by molar-refractivity contribution is 0.282. The molecule has 1 aromatic carbocycles. The van der Waals surface area contributed by atoms with Crippen molar-refractivity contribution in [3.63, 3.8) is 0 Å². The van der Waals surface area contributed by atoms with E-state index in [0.29, 0.717) is 30.3 Å². The van der Waals surface area contributed by atoms with E-state index in [-0.39, 0.29) is 5.69 Å². The minimum atomic E-state index is -3.59. The van der Waals surface area contributed by atoms with Crippen LogP contribution in [0.4, 0.5) is 11.4 Å². The number of rotatable bonds is 3. The largest absolute Gasteiger partial charge is 0.397 e. The number of hydrogen-bond donors (Lipinski definition) is 2. The quantitative estimate of drug-likeness (QED) is 0.826. The molecule has 0 bridgehead atoms. The summed E-state index contributed by atoms with van der Waals surface area (Å²) >= 11 is 0. The third-order valence-electron chi connectivity index (χ3n) is 3.38. The molecule has 1 heterocycles. The van der Waals surface area contributed by atoms with E-state index in [1.165, 1.54) is 22.5 Å². The summed E-state index contributed by atoms with van der Waals surface area (Å²) in [6, 6.07) is 6.46. The Hall–Kier alpha value is -1.78. The summed E-state index contributed by atoms with van der Waals surface area (Å²) in [6.07, 6.45) is 1.91. The Morgan fingerprint density at radius 2 is 2.25 bits per heavy atom. The summed E-state index contributed by atoms with van der Waals surface area (Å²) in [5.41, 5.74) is 6.72. The maximum atomic E-state index is 12.3. The van der Waals surface area contributed by atoms with Gasteiger partial charge in [-0.25, -0.2) is 0 Å². The van der Waals surface area contributed by atoms with Crippen LogP contribution in [0.5, 0.6) is 0 Å². The van der Waals surface area contributed by atoms with Crippen molar-refractivity contribution in [1.82, 2.24) is 4.31 Å². The highest BCUT2D eigenvalue weighted by Crippen LogP contribution is 2.24. The molecule has 20 heavy (non-hydrogen) atoms. The number of nitrogens with zero attached hydrogens (tertiary/aromatic N) is 2. The molecule has 0 amide bonds. The molecule has 108 valence electrons. The Kier molecular flexibility index (Phi) is 4.16. The van der Waals surface area contributed by atoms with Gasteiger partial charge in [-0.3, -0.25) is 4.72 Å². The van der Waals surface area contributed by atoms with Crippen LogP contribution in [0.3, 0.4) is 0 Å². The standard InChI is InChI=1S/C13H18N4O2S/c1-10-3-2-6-17(9-10)20(18,19)16-13-5-4-11(8-14)7-12(13)15/h4-5,7,10,16H,2-3,6,9,15H2,1H3. The Labute approximate surface area is 119 Å². The molecule has 1 saturated heterocycles. The number of hydrogen-bond acceptors (Lipinski definition) is 4. The van der Waals surface area contributed by atoms with Gasteiger partial charge in [0.1, 0.15) is 0 Å². The zero-order valence-electron chi connectivity index (χ0n) is 11.3. The van der Waals surface area contributed by atoms with Gasteiger partial charge in [0.25, 0.3) is 0 Å². The Balaban J connectivity index is 2.18. The van der Waals surface area contributed by atoms with Gasteiger partial charge in [-0.15, -0.1) is 0 Å². The molecule has 0 spiro atoms. The Morgan fingerprint density at radius 3 is 2.85 bits per heavy atom. The molecule has 0 radical (unpaired) electrons. The van der Waals surface area contributed by atoms with Crippen LogP contribution in [0.2, 0.25) is 0 Å². The Morgan fingerprint density at radius 1 is 1.50 bits per heavy atom. The van der Waals surface area contributed by atoms with Gasteiger partial charge in [0, 0.05) is 13.1 Å². The number of nitriles is 1. The number of piperidine rings is 1. The van der Waals surface area contributed by atoms with Crippen molar-refractivity contribution in [2.75, 3.05) is 23.5 Å². The van der Waals surface area contributed by atoms with E-state index in [0.717, 1.165) is 12.8 Å². The van der Waals surface area contributed by atoms with Gasteiger partial charge in [-0.1, -0.05) is 6.92 Å². The summed E-state index contributed by atoms with van der Waals surface area (Å²) < 4.78 is 28.5. The van der Waals surface area contributed by atoms with Gasteiger partial charge in [0.2, 0.25) is 0 Å². The minimum absolute atomic E-state index is 0.248. The average molecular weight is 294 g/mol. The van der Waals surface area contributed by atoms with Crippen LogP contribution in [-0.2, 0) is 10.2 Å². The maximum absolute atomic E-state index is 12.3. The predicted molar refractivity (Wildman–Crippen MR) is 78.1 cm³/mol.